The lowest BCUT2D eigenvalue weighted by molar-refractivity contribution is -0.389. The first-order valence-electron chi connectivity index (χ1n) is 6.55. The molecule has 1 fully saturated rings. The highest BCUT2D eigenvalue weighted by molar-refractivity contribution is 6.42. The van der Waals surface area contributed by atoms with Crippen LogP contribution in [0.5, 0.6) is 0 Å². The zero-order valence-corrected chi connectivity index (χ0v) is 13.6. The maximum absolute atomic E-state index is 12.7. The molecule has 1 aromatic carbocycles. The molecule has 1 aromatic heterocycles. The number of urea groups is 1. The number of rotatable bonds is 3. The van der Waals surface area contributed by atoms with E-state index in [-0.39, 0.29) is 15.7 Å². The Hall–Kier alpha value is -2.65. The molecule has 0 aliphatic carbocycles. The van der Waals surface area contributed by atoms with E-state index in [0.717, 1.165) is 22.3 Å². The average Bonchev–Trinajstić information content (AvgIpc) is 3.07. The minimum Gasteiger partial charge on any atom is -0.358 e. The third kappa shape index (κ3) is 2.47. The van der Waals surface area contributed by atoms with Crippen LogP contribution in [-0.2, 0) is 4.79 Å². The van der Waals surface area contributed by atoms with Gasteiger partial charge < -0.3 is 10.1 Å². The molecule has 2 aromatic rings. The number of halogens is 2. The molecule has 124 valence electrons. The zero-order chi connectivity index (χ0) is 17.6. The lowest BCUT2D eigenvalue weighted by atomic mass is 10.3. The van der Waals surface area contributed by atoms with Crippen molar-refractivity contribution in [2.24, 2.45) is 0 Å². The fourth-order valence-corrected chi connectivity index (χ4v) is 2.67. The third-order valence-electron chi connectivity index (χ3n) is 3.52. The highest BCUT2D eigenvalue weighted by Crippen LogP contribution is 2.33. The van der Waals surface area contributed by atoms with Crippen molar-refractivity contribution < 1.29 is 14.5 Å². The number of nitro groups is 1. The summed E-state index contributed by atoms with van der Waals surface area (Å²) in [5.74, 6) is -1.01. The van der Waals surface area contributed by atoms with E-state index in [9.17, 15) is 19.7 Å². The Morgan fingerprint density at radius 3 is 2.54 bits per heavy atom. The van der Waals surface area contributed by atoms with Crippen molar-refractivity contribution in [1.82, 2.24) is 14.5 Å². The number of benzene rings is 1. The van der Waals surface area contributed by atoms with Crippen LogP contribution in [0.25, 0.3) is 0 Å². The van der Waals surface area contributed by atoms with E-state index in [1.165, 1.54) is 29.8 Å². The van der Waals surface area contributed by atoms with Crippen molar-refractivity contribution in [3.05, 3.63) is 50.9 Å². The van der Waals surface area contributed by atoms with Crippen LogP contribution in [0, 0.1) is 10.1 Å². The molecular formula is C13H9Cl2N5O4. The van der Waals surface area contributed by atoms with Crippen LogP contribution in [0.1, 0.15) is 6.17 Å². The Labute approximate surface area is 145 Å². The number of amides is 3. The van der Waals surface area contributed by atoms with Crippen LogP contribution in [0.4, 0.5) is 16.3 Å². The minimum atomic E-state index is -1.08. The maximum atomic E-state index is 12.7. The number of hydrogen-bond acceptors (Lipinski definition) is 5. The highest BCUT2D eigenvalue weighted by atomic mass is 35.5. The molecule has 2 heterocycles. The van der Waals surface area contributed by atoms with Gasteiger partial charge >= 0.3 is 11.8 Å². The Morgan fingerprint density at radius 1 is 1.25 bits per heavy atom. The summed E-state index contributed by atoms with van der Waals surface area (Å²) in [6, 6.07) is 3.75. The van der Waals surface area contributed by atoms with Gasteiger partial charge in [0.2, 0.25) is 6.33 Å². The molecule has 1 aliphatic heterocycles. The molecule has 1 saturated heterocycles. The number of nitrogens with zero attached hydrogens (tertiary/aromatic N) is 5. The summed E-state index contributed by atoms with van der Waals surface area (Å²) >= 11 is 11.8. The average molecular weight is 370 g/mol. The van der Waals surface area contributed by atoms with Crippen LogP contribution in [0.2, 0.25) is 10.0 Å². The van der Waals surface area contributed by atoms with Gasteiger partial charge in [0.1, 0.15) is 6.20 Å². The summed E-state index contributed by atoms with van der Waals surface area (Å²) in [5.41, 5.74) is 0.253. The first-order valence-corrected chi connectivity index (χ1v) is 7.30. The topological polar surface area (TPSA) is 102 Å². The van der Waals surface area contributed by atoms with E-state index in [1.54, 1.807) is 0 Å². The van der Waals surface area contributed by atoms with E-state index in [4.69, 9.17) is 23.2 Å². The fraction of sp³-hybridized carbons (Fsp3) is 0.154. The van der Waals surface area contributed by atoms with Gasteiger partial charge in [-0.2, -0.15) is 0 Å². The summed E-state index contributed by atoms with van der Waals surface area (Å²) in [7, 11) is 1.41. The molecule has 1 unspecified atom stereocenters. The molecule has 1 atom stereocenters. The number of carbonyl (C=O) groups excluding carboxylic acids is 2. The predicted octanol–water partition coefficient (Wildman–Crippen LogP) is 2.70. The van der Waals surface area contributed by atoms with E-state index < -0.39 is 28.8 Å². The molecule has 0 saturated carbocycles. The maximum Gasteiger partial charge on any atom is 0.381 e. The first kappa shape index (κ1) is 16.2. The molecule has 0 spiro atoms. The lowest BCUT2D eigenvalue weighted by Crippen LogP contribution is -2.31. The summed E-state index contributed by atoms with van der Waals surface area (Å²) < 4.78 is 1.20. The number of carbonyl (C=O) groups is 2. The smallest absolute Gasteiger partial charge is 0.358 e. The number of hydrogen-bond donors (Lipinski definition) is 0. The summed E-state index contributed by atoms with van der Waals surface area (Å²) in [4.78, 5) is 40.8. The highest BCUT2D eigenvalue weighted by Gasteiger charge is 2.45. The number of aromatic nitrogens is 2. The first-order chi connectivity index (χ1) is 11.3. The van der Waals surface area contributed by atoms with Gasteiger partial charge in [0.05, 0.1) is 15.7 Å². The zero-order valence-electron chi connectivity index (χ0n) is 12.1. The number of likely N-dealkylation sites (N-methyl/N-ethyl adjacent to an activating group) is 1. The molecule has 1 aliphatic rings. The van der Waals surface area contributed by atoms with Crippen molar-refractivity contribution in [3.8, 4) is 0 Å². The van der Waals surface area contributed by atoms with Gasteiger partial charge in [-0.1, -0.05) is 23.2 Å². The van der Waals surface area contributed by atoms with Gasteiger partial charge in [-0.3, -0.25) is 14.3 Å². The predicted molar refractivity (Wildman–Crippen MR) is 85.0 cm³/mol. The SMILES string of the molecule is CN1C(=O)N(c2ccc(Cl)c(Cl)c2)C(=O)C1n1cnc([N+](=O)[O-])c1. The quantitative estimate of drug-likeness (QED) is 0.470. The molecule has 0 N–H and O–H groups in total. The van der Waals surface area contributed by atoms with Crippen LogP contribution in [-0.4, -0.2) is 38.4 Å². The van der Waals surface area contributed by atoms with Crippen molar-refractivity contribution in [2.75, 3.05) is 11.9 Å². The molecule has 0 radical (unpaired) electrons. The summed E-state index contributed by atoms with van der Waals surface area (Å²) in [6.45, 7) is 0. The molecule has 11 heteroatoms. The van der Waals surface area contributed by atoms with E-state index in [1.807, 2.05) is 0 Å². The van der Waals surface area contributed by atoms with Crippen LogP contribution in [0.3, 0.4) is 0 Å². The number of imidazole rings is 1. The van der Waals surface area contributed by atoms with Gasteiger partial charge in [0.15, 0.2) is 6.17 Å². The Balaban J connectivity index is 1.99. The van der Waals surface area contributed by atoms with Crippen LogP contribution < -0.4 is 4.90 Å². The van der Waals surface area contributed by atoms with Crippen molar-refractivity contribution in [1.29, 1.82) is 0 Å². The molecule has 3 amide bonds. The van der Waals surface area contributed by atoms with E-state index >= 15 is 0 Å². The molecule has 3 rings (SSSR count). The van der Waals surface area contributed by atoms with Gasteiger partial charge in [-0.15, -0.1) is 0 Å². The monoisotopic (exact) mass is 369 g/mol. The molecule has 24 heavy (non-hydrogen) atoms. The minimum absolute atomic E-state index is 0.194. The van der Waals surface area contributed by atoms with Crippen molar-refractivity contribution in [2.45, 2.75) is 6.17 Å². The fourth-order valence-electron chi connectivity index (χ4n) is 2.38. The normalized spacial score (nSPS) is 17.7. The van der Waals surface area contributed by atoms with Crippen LogP contribution >= 0.6 is 23.2 Å². The second-order valence-electron chi connectivity index (χ2n) is 4.98. The lowest BCUT2D eigenvalue weighted by Gasteiger charge is -2.15. The Kier molecular flexibility index (Phi) is 3.90. The Bertz CT molecular complexity index is 868. The molecular weight excluding hydrogens is 361 g/mol. The van der Waals surface area contributed by atoms with E-state index in [2.05, 4.69) is 4.98 Å². The van der Waals surface area contributed by atoms with Crippen molar-refractivity contribution in [3.63, 3.8) is 0 Å². The third-order valence-corrected chi connectivity index (χ3v) is 4.26. The summed E-state index contributed by atoms with van der Waals surface area (Å²) in [5, 5.41) is 11.2. The number of anilines is 1. The summed E-state index contributed by atoms with van der Waals surface area (Å²) in [6.07, 6.45) is 1.14. The number of imide groups is 1. The van der Waals surface area contributed by atoms with Gasteiger partial charge in [-0.05, 0) is 28.1 Å². The molecule has 0 bridgehead atoms. The largest absolute Gasteiger partial charge is 0.381 e. The van der Waals surface area contributed by atoms with Gasteiger partial charge in [0, 0.05) is 7.05 Å². The second-order valence-corrected chi connectivity index (χ2v) is 5.79. The van der Waals surface area contributed by atoms with Crippen molar-refractivity contribution >= 4 is 46.6 Å². The van der Waals surface area contributed by atoms with Gasteiger partial charge in [-0.25, -0.2) is 9.69 Å². The Morgan fingerprint density at radius 2 is 1.96 bits per heavy atom. The molecule has 9 nitrogen and oxygen atoms in total. The van der Waals surface area contributed by atoms with Gasteiger partial charge in [0.25, 0.3) is 5.91 Å². The van der Waals surface area contributed by atoms with Crippen LogP contribution in [0.15, 0.2) is 30.7 Å². The second kappa shape index (κ2) is 5.77. The standard InChI is InChI=1S/C13H9Cl2N5O4/c1-17-11(18-5-10(16-6-18)20(23)24)12(21)19(13(17)22)7-2-3-8(14)9(15)4-7/h2-6,11H,1H3. The van der Waals surface area contributed by atoms with E-state index in [0.29, 0.717) is 0 Å².